The summed E-state index contributed by atoms with van der Waals surface area (Å²) in [5.41, 5.74) is 24.9. The Bertz CT molecular complexity index is 2600. The summed E-state index contributed by atoms with van der Waals surface area (Å²) < 4.78 is 0. The number of carbonyl (C=O) groups is 9. The van der Waals surface area contributed by atoms with Crippen LogP contribution < -0.4 is 60.2 Å². The molecule has 25 heteroatoms. The van der Waals surface area contributed by atoms with Crippen LogP contribution in [0, 0.1) is 0 Å². The molecule has 0 spiro atoms. The number of primary amides is 1. The van der Waals surface area contributed by atoms with Crippen molar-refractivity contribution in [2.24, 2.45) is 27.9 Å². The number of nitrogens with two attached hydrogens (primary N) is 4. The van der Waals surface area contributed by atoms with Crippen molar-refractivity contribution in [3.63, 3.8) is 0 Å². The molecule has 0 bridgehead atoms. The lowest BCUT2D eigenvalue weighted by atomic mass is 9.91. The van der Waals surface area contributed by atoms with E-state index in [1.165, 1.54) is 19.4 Å². The molecule has 0 saturated carbocycles. The second kappa shape index (κ2) is 30.8. The van der Waals surface area contributed by atoms with Crippen molar-refractivity contribution in [1.82, 2.24) is 52.2 Å². The van der Waals surface area contributed by atoms with Gasteiger partial charge in [0.2, 0.25) is 47.3 Å². The number of aliphatic imine (C=N–C) groups is 1. The first-order valence-corrected chi connectivity index (χ1v) is 25.2. The minimum absolute atomic E-state index is 0.0376. The maximum Gasteiger partial charge on any atom is 0.305 e. The average Bonchev–Trinajstić information content (AvgIpc) is 4.07. The van der Waals surface area contributed by atoms with Crippen LogP contribution in [0.25, 0.3) is 10.9 Å². The van der Waals surface area contributed by atoms with Gasteiger partial charge in [-0.05, 0) is 62.3 Å². The Labute approximate surface area is 440 Å². The largest absolute Gasteiger partial charge is 0.481 e. The highest BCUT2D eigenvalue weighted by atomic mass is 16.4. The van der Waals surface area contributed by atoms with E-state index in [1.807, 2.05) is 31.2 Å². The molecule has 412 valence electrons. The van der Waals surface area contributed by atoms with E-state index in [4.69, 9.17) is 22.9 Å². The molecule has 18 N–H and O–H groups in total. The van der Waals surface area contributed by atoms with Crippen molar-refractivity contribution < 1.29 is 48.3 Å². The summed E-state index contributed by atoms with van der Waals surface area (Å²) in [6.07, 6.45) is 5.80. The molecule has 4 aromatic rings. The van der Waals surface area contributed by atoms with Gasteiger partial charge < -0.3 is 75.2 Å². The number of para-hydroxylation sites is 1. The van der Waals surface area contributed by atoms with E-state index in [0.717, 1.165) is 10.9 Å². The summed E-state index contributed by atoms with van der Waals surface area (Å²) >= 11 is 0. The molecule has 76 heavy (non-hydrogen) atoms. The lowest BCUT2D eigenvalue weighted by molar-refractivity contribution is -0.141. The van der Waals surface area contributed by atoms with Crippen LogP contribution in [0.4, 0.5) is 0 Å². The second-order valence-electron chi connectivity index (χ2n) is 18.5. The van der Waals surface area contributed by atoms with Crippen LogP contribution in [0.15, 0.2) is 78.3 Å². The van der Waals surface area contributed by atoms with Crippen LogP contribution in [0.5, 0.6) is 0 Å². The molecule has 0 aliphatic rings. The van der Waals surface area contributed by atoms with Gasteiger partial charge in [-0.25, -0.2) is 4.98 Å². The zero-order chi connectivity index (χ0) is 55.7. The Morgan fingerprint density at radius 1 is 0.645 bits per heavy atom. The maximum atomic E-state index is 14.7. The highest BCUT2D eigenvalue weighted by Gasteiger charge is 2.37. The number of amides is 8. The summed E-state index contributed by atoms with van der Waals surface area (Å²) in [6.45, 7) is 5.19. The van der Waals surface area contributed by atoms with Gasteiger partial charge in [-0.1, -0.05) is 75.2 Å². The van der Waals surface area contributed by atoms with Crippen molar-refractivity contribution in [2.75, 3.05) is 13.1 Å². The number of aromatic amines is 2. The number of nitrogens with zero attached hydrogens (tertiary/aromatic N) is 2. The van der Waals surface area contributed by atoms with Gasteiger partial charge in [0.1, 0.15) is 42.3 Å². The van der Waals surface area contributed by atoms with E-state index in [0.29, 0.717) is 49.0 Å². The first-order valence-electron chi connectivity index (χ1n) is 25.2. The Morgan fingerprint density at radius 3 is 1.83 bits per heavy atom. The van der Waals surface area contributed by atoms with Crippen LogP contribution in [-0.2, 0) is 56.0 Å². The summed E-state index contributed by atoms with van der Waals surface area (Å²) in [5, 5.41) is 29.0. The topological polar surface area (TPSA) is 419 Å². The van der Waals surface area contributed by atoms with Gasteiger partial charge in [-0.2, -0.15) is 0 Å². The highest BCUT2D eigenvalue weighted by molar-refractivity contribution is 5.99. The zero-order valence-electron chi connectivity index (χ0n) is 43.1. The molecule has 2 aromatic carbocycles. The number of hydrogen-bond acceptors (Lipinski definition) is 12. The molecule has 25 nitrogen and oxygen atoms in total. The lowest BCUT2D eigenvalue weighted by Gasteiger charge is -2.29. The van der Waals surface area contributed by atoms with Crippen molar-refractivity contribution in [2.45, 2.75) is 140 Å². The molecule has 0 saturated heterocycles. The van der Waals surface area contributed by atoms with Crippen LogP contribution in [-0.4, -0.2) is 135 Å². The molecule has 0 aliphatic carbocycles. The Morgan fingerprint density at radius 2 is 1.21 bits per heavy atom. The van der Waals surface area contributed by atoms with Gasteiger partial charge in [0.15, 0.2) is 5.96 Å². The number of nitrogens with one attached hydrogen (secondary N) is 9. The molecule has 2 heterocycles. The SMILES string of the molecule is CCCC[C@H](NC(C)=O)C(=O)N[C@@H](CC(=O)O)C(=O)N[C@@H](Cc1cnc[nH]1)C(=O)N[C@@H](Cc1ccccc1)C(=O)N[C@@H](CCCN=C(N)N)C(=O)N[C@H](C(=O)N[C@@H](CCCCN)C(N)=O)C(C)c1c[nH]c2ccccc12. The Kier molecular flexibility index (Phi) is 24.4. The molecule has 8 atom stereocenters. The van der Waals surface area contributed by atoms with E-state index in [9.17, 15) is 48.3 Å². The smallest absolute Gasteiger partial charge is 0.305 e. The third-order valence-corrected chi connectivity index (χ3v) is 12.5. The molecule has 0 aliphatic heterocycles. The van der Waals surface area contributed by atoms with Crippen LogP contribution >= 0.6 is 0 Å². The molecule has 1 unspecified atom stereocenters. The average molecular weight is 1060 g/mol. The Balaban J connectivity index is 1.70. The number of unbranched alkanes of at least 4 members (excludes halogenated alkanes) is 2. The van der Waals surface area contributed by atoms with Crippen LogP contribution in [0.1, 0.15) is 101 Å². The zero-order valence-corrected chi connectivity index (χ0v) is 43.1. The predicted octanol–water partition coefficient (Wildman–Crippen LogP) is -0.774. The number of carboxylic acids is 1. The first-order chi connectivity index (χ1) is 36.3. The quantitative estimate of drug-likeness (QED) is 0.0158. The molecule has 0 radical (unpaired) electrons. The normalized spacial score (nSPS) is 14.2. The minimum Gasteiger partial charge on any atom is -0.481 e. The number of carbonyl (C=O) groups excluding carboxylic acids is 8. The summed E-state index contributed by atoms with van der Waals surface area (Å²) in [7, 11) is 0. The van der Waals surface area contributed by atoms with E-state index < -0.39 is 108 Å². The first kappa shape index (κ1) is 60.2. The van der Waals surface area contributed by atoms with Gasteiger partial charge in [-0.3, -0.25) is 48.1 Å². The predicted molar refractivity (Wildman–Crippen MR) is 282 cm³/mol. The fourth-order valence-electron chi connectivity index (χ4n) is 8.41. The van der Waals surface area contributed by atoms with Gasteiger partial charge in [-0.15, -0.1) is 0 Å². The monoisotopic (exact) mass is 1060 g/mol. The van der Waals surface area contributed by atoms with Gasteiger partial charge in [0.25, 0.3) is 0 Å². The van der Waals surface area contributed by atoms with Crippen LogP contribution in [0.2, 0.25) is 0 Å². The Hall–Kier alpha value is -8.35. The van der Waals surface area contributed by atoms with Crippen molar-refractivity contribution in [3.05, 3.63) is 90.1 Å². The van der Waals surface area contributed by atoms with Crippen molar-refractivity contribution in [3.8, 4) is 0 Å². The number of benzene rings is 2. The van der Waals surface area contributed by atoms with Gasteiger partial charge in [0.05, 0.1) is 12.7 Å². The fourth-order valence-corrected chi connectivity index (χ4v) is 8.41. The molecule has 4 rings (SSSR count). The number of imidazole rings is 1. The third kappa shape index (κ3) is 19.5. The van der Waals surface area contributed by atoms with E-state index in [2.05, 4.69) is 57.2 Å². The number of rotatable bonds is 33. The molecule has 8 amide bonds. The summed E-state index contributed by atoms with van der Waals surface area (Å²) in [5.74, 6) is -8.95. The van der Waals surface area contributed by atoms with Crippen LogP contribution in [0.3, 0.4) is 0 Å². The maximum absolute atomic E-state index is 14.7. The van der Waals surface area contributed by atoms with Crippen molar-refractivity contribution in [1.29, 1.82) is 0 Å². The molecule has 2 aromatic heterocycles. The molecular formula is C51H73N15O10. The van der Waals surface area contributed by atoms with Gasteiger partial charge >= 0.3 is 5.97 Å². The number of guanidine groups is 1. The summed E-state index contributed by atoms with van der Waals surface area (Å²) in [4.78, 5) is 136. The number of hydrogen-bond donors (Lipinski definition) is 14. The van der Waals surface area contributed by atoms with E-state index in [-0.39, 0.29) is 51.0 Å². The third-order valence-electron chi connectivity index (χ3n) is 12.5. The standard InChI is InChI=1S/C51H73N15O10/c1-4-5-17-37(60-30(3)67)45(71)65-41(25-42(68)69)49(75)64-40(24-32-26-56-28-59-32)48(74)63-39(23-31-14-7-6-8-15-31)47(73)62-38(20-13-22-57-51(54)55)46(72)66-43(50(76)61-36(44(53)70)19-11-12-21-52)29(2)34-27-58-35-18-10-9-16-33(34)35/h6-10,14-16,18,26-29,36-41,43,58H,4-5,11-13,17,19-25,52H2,1-3H3,(H2,53,70)(H,56,59)(H,60,67)(H,61,76)(H,62,73)(H,63,74)(H,64,75)(H,65,71)(H,66,72)(H,68,69)(H4,54,55,57)/t29?,36-,37-,38-,39-,40-,41-,43-/m0/s1. The second-order valence-corrected chi connectivity index (χ2v) is 18.5. The minimum atomic E-state index is -1.72. The highest BCUT2D eigenvalue weighted by Crippen LogP contribution is 2.28. The summed E-state index contributed by atoms with van der Waals surface area (Å²) in [6, 6.07) is 6.27. The number of H-pyrrole nitrogens is 2. The number of aromatic nitrogens is 3. The van der Waals surface area contributed by atoms with Crippen molar-refractivity contribution >= 4 is 70.1 Å². The van der Waals surface area contributed by atoms with E-state index >= 15 is 0 Å². The molecule has 0 fully saturated rings. The molecular weight excluding hydrogens is 983 g/mol. The number of aliphatic carboxylic acids is 1. The number of fused-ring (bicyclic) bond motifs is 1. The van der Waals surface area contributed by atoms with Gasteiger partial charge in [0, 0.05) is 61.2 Å². The fraction of sp³-hybridized carbons (Fsp3) is 0.471. The number of carboxylic acid groups (broad SMARTS) is 1. The van der Waals surface area contributed by atoms with E-state index in [1.54, 1.807) is 43.5 Å². The lowest BCUT2D eigenvalue weighted by Crippen LogP contribution is -2.61.